The van der Waals surface area contributed by atoms with E-state index in [9.17, 15) is 9.59 Å². The molecule has 0 unspecified atom stereocenters. The molecule has 2 atom stereocenters. The van der Waals surface area contributed by atoms with Crippen molar-refractivity contribution < 1.29 is 14.7 Å². The van der Waals surface area contributed by atoms with Crippen molar-refractivity contribution in [1.82, 2.24) is 5.32 Å². The molecule has 1 aromatic rings. The number of carbonyl (C=O) groups excluding carboxylic acids is 1. The summed E-state index contributed by atoms with van der Waals surface area (Å²) < 4.78 is 0. The van der Waals surface area contributed by atoms with Crippen LogP contribution in [0.3, 0.4) is 0 Å². The third-order valence-electron chi connectivity index (χ3n) is 3.62. The summed E-state index contributed by atoms with van der Waals surface area (Å²) in [6, 6.07) is 5.10. The Kier molecular flexibility index (Phi) is 6.15. The van der Waals surface area contributed by atoms with Gasteiger partial charge in [-0.2, -0.15) is 0 Å². The summed E-state index contributed by atoms with van der Waals surface area (Å²) in [5, 5.41) is 11.7. The van der Waals surface area contributed by atoms with Crippen molar-refractivity contribution in [2.45, 2.75) is 40.2 Å². The number of hydrogen-bond acceptors (Lipinski definition) is 2. The second kappa shape index (κ2) is 7.62. The second-order valence-corrected chi connectivity index (χ2v) is 5.40. The van der Waals surface area contributed by atoms with Crippen molar-refractivity contribution in [3.63, 3.8) is 0 Å². The average molecular weight is 289 g/mol. The minimum absolute atomic E-state index is 0.110. The number of benzene rings is 1. The third kappa shape index (κ3) is 5.06. The van der Waals surface area contributed by atoms with Gasteiger partial charge < -0.3 is 10.4 Å². The molecule has 0 aliphatic rings. The van der Waals surface area contributed by atoms with E-state index >= 15 is 0 Å². The highest BCUT2D eigenvalue weighted by Gasteiger charge is 2.24. The minimum Gasteiger partial charge on any atom is -0.480 e. The van der Waals surface area contributed by atoms with Crippen LogP contribution in [-0.4, -0.2) is 23.0 Å². The Morgan fingerprint density at radius 3 is 2.52 bits per heavy atom. The summed E-state index contributed by atoms with van der Waals surface area (Å²) in [4.78, 5) is 23.0. The maximum absolute atomic E-state index is 11.9. The van der Waals surface area contributed by atoms with Crippen molar-refractivity contribution in [2.75, 3.05) is 0 Å². The molecule has 0 saturated heterocycles. The molecular formula is C17H23NO3. The molecule has 0 saturated carbocycles. The molecule has 1 aromatic carbocycles. The number of aliphatic carboxylic acids is 1. The smallest absolute Gasteiger partial charge is 0.326 e. The first kappa shape index (κ1) is 17.0. The summed E-state index contributed by atoms with van der Waals surface area (Å²) in [5.74, 6) is -1.50. The Labute approximate surface area is 125 Å². The van der Waals surface area contributed by atoms with E-state index in [-0.39, 0.29) is 11.8 Å². The van der Waals surface area contributed by atoms with Crippen LogP contribution in [-0.2, 0) is 9.59 Å². The molecule has 0 spiro atoms. The van der Waals surface area contributed by atoms with Crippen LogP contribution in [0.4, 0.5) is 0 Å². The van der Waals surface area contributed by atoms with E-state index in [0.29, 0.717) is 6.42 Å². The fourth-order valence-corrected chi connectivity index (χ4v) is 2.06. The number of rotatable bonds is 6. The fourth-order valence-electron chi connectivity index (χ4n) is 2.06. The number of nitrogens with one attached hydrogen (secondary N) is 1. The average Bonchev–Trinajstić information content (AvgIpc) is 2.42. The largest absolute Gasteiger partial charge is 0.480 e. The van der Waals surface area contributed by atoms with Crippen molar-refractivity contribution in [1.29, 1.82) is 0 Å². The highest BCUT2D eigenvalue weighted by molar-refractivity contribution is 5.94. The number of hydrogen-bond donors (Lipinski definition) is 2. The van der Waals surface area contributed by atoms with E-state index in [2.05, 4.69) is 5.32 Å². The van der Waals surface area contributed by atoms with Gasteiger partial charge in [0, 0.05) is 6.08 Å². The highest BCUT2D eigenvalue weighted by atomic mass is 16.4. The van der Waals surface area contributed by atoms with Crippen LogP contribution in [0.2, 0.25) is 0 Å². The van der Waals surface area contributed by atoms with Gasteiger partial charge in [0.2, 0.25) is 5.91 Å². The van der Waals surface area contributed by atoms with E-state index < -0.39 is 12.0 Å². The first-order valence-corrected chi connectivity index (χ1v) is 7.13. The molecule has 0 heterocycles. The number of carboxylic acids is 1. The zero-order valence-corrected chi connectivity index (χ0v) is 13.0. The summed E-state index contributed by atoms with van der Waals surface area (Å²) in [6.45, 7) is 7.70. The Hall–Kier alpha value is -2.10. The Balaban J connectivity index is 2.76. The lowest BCUT2D eigenvalue weighted by Crippen LogP contribution is -2.44. The third-order valence-corrected chi connectivity index (χ3v) is 3.62. The topological polar surface area (TPSA) is 66.4 Å². The molecule has 0 radical (unpaired) electrons. The van der Waals surface area contributed by atoms with E-state index in [1.807, 2.05) is 45.9 Å². The van der Waals surface area contributed by atoms with Crippen molar-refractivity contribution in [2.24, 2.45) is 5.92 Å². The summed E-state index contributed by atoms with van der Waals surface area (Å²) in [7, 11) is 0. The maximum Gasteiger partial charge on any atom is 0.326 e. The quantitative estimate of drug-likeness (QED) is 0.791. The zero-order chi connectivity index (χ0) is 16.0. The van der Waals surface area contributed by atoms with Gasteiger partial charge in [-0.1, -0.05) is 44.0 Å². The number of amides is 1. The summed E-state index contributed by atoms with van der Waals surface area (Å²) in [5.41, 5.74) is 3.19. The van der Waals surface area contributed by atoms with Gasteiger partial charge in [-0.25, -0.2) is 4.79 Å². The normalized spacial score (nSPS) is 13.9. The molecule has 0 aromatic heterocycles. The van der Waals surface area contributed by atoms with Crippen molar-refractivity contribution >= 4 is 18.0 Å². The van der Waals surface area contributed by atoms with Gasteiger partial charge >= 0.3 is 5.97 Å². The molecular weight excluding hydrogens is 266 g/mol. The first-order valence-electron chi connectivity index (χ1n) is 7.13. The van der Waals surface area contributed by atoms with Gasteiger partial charge in [0.15, 0.2) is 0 Å². The molecule has 1 rings (SSSR count). The van der Waals surface area contributed by atoms with Crippen LogP contribution in [0, 0.1) is 19.8 Å². The first-order chi connectivity index (χ1) is 9.85. The molecule has 0 bridgehead atoms. The van der Waals surface area contributed by atoms with Gasteiger partial charge in [-0.05, 0) is 37.0 Å². The monoisotopic (exact) mass is 289 g/mol. The van der Waals surface area contributed by atoms with E-state index in [1.165, 1.54) is 6.08 Å². The number of carbonyl (C=O) groups is 2. The molecule has 0 fully saturated rings. The summed E-state index contributed by atoms with van der Waals surface area (Å²) in [6.07, 6.45) is 3.79. The van der Waals surface area contributed by atoms with Crippen LogP contribution in [0.25, 0.3) is 6.08 Å². The molecule has 4 nitrogen and oxygen atoms in total. The van der Waals surface area contributed by atoms with Gasteiger partial charge in [-0.3, -0.25) is 4.79 Å². The minimum atomic E-state index is -1.00. The van der Waals surface area contributed by atoms with Crippen LogP contribution in [0.5, 0.6) is 0 Å². The second-order valence-electron chi connectivity index (χ2n) is 5.40. The molecule has 1 amide bonds. The predicted molar refractivity (Wildman–Crippen MR) is 84.0 cm³/mol. The van der Waals surface area contributed by atoms with Gasteiger partial charge in [0.25, 0.3) is 0 Å². The van der Waals surface area contributed by atoms with E-state index in [0.717, 1.165) is 16.7 Å². The van der Waals surface area contributed by atoms with Crippen LogP contribution in [0.1, 0.15) is 37.0 Å². The standard InChI is InChI=1S/C17H23NO3/c1-5-12(3)16(17(20)21)18-15(19)9-8-14-7-6-11(2)10-13(14)4/h6-10,12,16H,5H2,1-4H3,(H,18,19)(H,20,21)/b9-8+/t12-,16-/m0/s1. The molecule has 114 valence electrons. The molecule has 4 heteroatoms. The SMILES string of the molecule is CC[C@H](C)[C@H](NC(=O)/C=C/c1ccc(C)cc1C)C(=O)O. The van der Waals surface area contributed by atoms with Crippen LogP contribution < -0.4 is 5.32 Å². The van der Waals surface area contributed by atoms with E-state index in [4.69, 9.17) is 5.11 Å². The van der Waals surface area contributed by atoms with E-state index in [1.54, 1.807) is 6.08 Å². The molecule has 0 aliphatic heterocycles. The van der Waals surface area contributed by atoms with Crippen molar-refractivity contribution in [3.05, 3.63) is 41.0 Å². The Morgan fingerprint density at radius 1 is 1.33 bits per heavy atom. The summed E-state index contributed by atoms with van der Waals surface area (Å²) >= 11 is 0. The fraction of sp³-hybridized carbons (Fsp3) is 0.412. The maximum atomic E-state index is 11.9. The van der Waals surface area contributed by atoms with Crippen LogP contribution >= 0.6 is 0 Å². The Bertz CT molecular complexity index is 549. The molecule has 0 aliphatic carbocycles. The van der Waals surface area contributed by atoms with Gasteiger partial charge in [0.1, 0.15) is 6.04 Å². The van der Waals surface area contributed by atoms with Crippen molar-refractivity contribution in [3.8, 4) is 0 Å². The van der Waals surface area contributed by atoms with Gasteiger partial charge in [-0.15, -0.1) is 0 Å². The highest BCUT2D eigenvalue weighted by Crippen LogP contribution is 2.12. The van der Waals surface area contributed by atoms with Gasteiger partial charge in [0.05, 0.1) is 0 Å². The predicted octanol–water partition coefficient (Wildman–Crippen LogP) is 2.93. The lowest BCUT2D eigenvalue weighted by Gasteiger charge is -2.19. The lowest BCUT2D eigenvalue weighted by molar-refractivity contribution is -0.142. The molecule has 2 N–H and O–H groups in total. The molecule has 21 heavy (non-hydrogen) atoms. The zero-order valence-electron chi connectivity index (χ0n) is 13.0. The number of carboxylic acid groups (broad SMARTS) is 1. The van der Waals surface area contributed by atoms with Crippen LogP contribution in [0.15, 0.2) is 24.3 Å². The lowest BCUT2D eigenvalue weighted by atomic mass is 9.99. The number of aryl methyl sites for hydroxylation is 2. The Morgan fingerprint density at radius 2 is 2.00 bits per heavy atom.